The number of carbonyl (C=O) groups excluding carboxylic acids is 1. The minimum atomic E-state index is -2.98. The number of carbonyl (C=O) groups is 1. The number of nitrogens with zero attached hydrogens (tertiary/aromatic N) is 1. The molecule has 1 aromatic carbocycles. The lowest BCUT2D eigenvalue weighted by atomic mass is 10.1. The van der Waals surface area contributed by atoms with E-state index >= 15 is 0 Å². The van der Waals surface area contributed by atoms with Crippen molar-refractivity contribution >= 4 is 15.7 Å². The molecule has 7 heteroatoms. The van der Waals surface area contributed by atoms with E-state index in [1.165, 1.54) is 0 Å². The summed E-state index contributed by atoms with van der Waals surface area (Å²) >= 11 is 0. The highest BCUT2D eigenvalue weighted by atomic mass is 32.2. The number of rotatable bonds is 5. The smallest absolute Gasteiger partial charge is 0.231 e. The van der Waals surface area contributed by atoms with Gasteiger partial charge in [-0.1, -0.05) is 6.07 Å². The van der Waals surface area contributed by atoms with Gasteiger partial charge in [0.2, 0.25) is 12.7 Å². The molecule has 1 aromatic rings. The molecular formula is C16H21NO5S. The zero-order chi connectivity index (χ0) is 16.4. The van der Waals surface area contributed by atoms with Crippen LogP contribution in [-0.4, -0.2) is 50.1 Å². The number of hydrogen-bond donors (Lipinski definition) is 0. The fourth-order valence-electron chi connectivity index (χ4n) is 3.15. The van der Waals surface area contributed by atoms with Gasteiger partial charge in [-0.25, -0.2) is 8.42 Å². The standard InChI is InChI=1S/C16H21NO5S/c1-2-17(13-7-8-23(19,20)10-13)16(18)6-4-12-3-5-14-15(9-12)22-11-21-14/h3,5,9,13H,2,4,6-8,10-11H2,1H3. The molecule has 2 heterocycles. The Hall–Kier alpha value is -1.76. The third kappa shape index (κ3) is 3.60. The Kier molecular flexibility index (Phi) is 4.48. The zero-order valence-corrected chi connectivity index (χ0v) is 14.0. The van der Waals surface area contributed by atoms with Crippen molar-refractivity contribution in [2.45, 2.75) is 32.2 Å². The molecule has 23 heavy (non-hydrogen) atoms. The summed E-state index contributed by atoms with van der Waals surface area (Å²) in [5.74, 6) is 1.73. The first-order valence-corrected chi connectivity index (χ1v) is 9.69. The molecule has 0 spiro atoms. The highest BCUT2D eigenvalue weighted by molar-refractivity contribution is 7.91. The van der Waals surface area contributed by atoms with Crippen molar-refractivity contribution < 1.29 is 22.7 Å². The van der Waals surface area contributed by atoms with Crippen molar-refractivity contribution in [3.8, 4) is 11.5 Å². The zero-order valence-electron chi connectivity index (χ0n) is 13.2. The summed E-state index contributed by atoms with van der Waals surface area (Å²) in [7, 11) is -2.98. The molecule has 0 saturated carbocycles. The Morgan fingerprint density at radius 1 is 1.30 bits per heavy atom. The highest BCUT2D eigenvalue weighted by Gasteiger charge is 2.33. The average Bonchev–Trinajstić information content (AvgIpc) is 3.11. The molecule has 1 atom stereocenters. The second-order valence-electron chi connectivity index (χ2n) is 5.92. The van der Waals surface area contributed by atoms with Crippen LogP contribution in [0.2, 0.25) is 0 Å². The number of benzene rings is 1. The van der Waals surface area contributed by atoms with Crippen LogP contribution in [0.25, 0.3) is 0 Å². The summed E-state index contributed by atoms with van der Waals surface area (Å²) in [4.78, 5) is 14.2. The lowest BCUT2D eigenvalue weighted by Gasteiger charge is -2.27. The topological polar surface area (TPSA) is 72.9 Å². The molecule has 126 valence electrons. The summed E-state index contributed by atoms with van der Waals surface area (Å²) in [6, 6.07) is 5.50. The number of hydrogen-bond acceptors (Lipinski definition) is 5. The Morgan fingerprint density at radius 2 is 2.09 bits per heavy atom. The van der Waals surface area contributed by atoms with Gasteiger partial charge in [0.15, 0.2) is 21.3 Å². The number of aryl methyl sites for hydroxylation is 1. The maximum Gasteiger partial charge on any atom is 0.231 e. The van der Waals surface area contributed by atoms with E-state index in [1.807, 2.05) is 25.1 Å². The van der Waals surface area contributed by atoms with Crippen molar-refractivity contribution in [3.05, 3.63) is 23.8 Å². The SMILES string of the molecule is CCN(C(=O)CCc1ccc2c(c1)OCO2)C1CCS(=O)(=O)C1. The van der Waals surface area contributed by atoms with Gasteiger partial charge >= 0.3 is 0 Å². The van der Waals surface area contributed by atoms with Gasteiger partial charge in [0.25, 0.3) is 0 Å². The van der Waals surface area contributed by atoms with E-state index < -0.39 is 9.84 Å². The van der Waals surface area contributed by atoms with Gasteiger partial charge in [-0.3, -0.25) is 4.79 Å². The summed E-state index contributed by atoms with van der Waals surface area (Å²) in [5.41, 5.74) is 1.01. The molecule has 1 unspecified atom stereocenters. The third-order valence-corrected chi connectivity index (χ3v) is 6.13. The van der Waals surface area contributed by atoms with Crippen molar-refractivity contribution in [1.29, 1.82) is 0 Å². The predicted molar refractivity (Wildman–Crippen MR) is 85.3 cm³/mol. The lowest BCUT2D eigenvalue weighted by molar-refractivity contribution is -0.132. The van der Waals surface area contributed by atoms with Crippen LogP contribution in [0, 0.1) is 0 Å². The van der Waals surface area contributed by atoms with Gasteiger partial charge in [0.05, 0.1) is 11.5 Å². The van der Waals surface area contributed by atoms with E-state index in [0.29, 0.717) is 31.6 Å². The van der Waals surface area contributed by atoms with Crippen LogP contribution in [0.15, 0.2) is 18.2 Å². The lowest BCUT2D eigenvalue weighted by Crippen LogP contribution is -2.41. The maximum atomic E-state index is 12.5. The summed E-state index contributed by atoms with van der Waals surface area (Å²) in [6.45, 7) is 2.67. The van der Waals surface area contributed by atoms with Crippen molar-refractivity contribution in [2.24, 2.45) is 0 Å². The quantitative estimate of drug-likeness (QED) is 0.810. The second kappa shape index (κ2) is 6.39. The number of fused-ring (bicyclic) bond motifs is 1. The van der Waals surface area contributed by atoms with Crippen molar-refractivity contribution in [2.75, 3.05) is 24.8 Å². The molecule has 6 nitrogen and oxygen atoms in total. The van der Waals surface area contributed by atoms with Crippen LogP contribution in [0.4, 0.5) is 0 Å². The first kappa shape index (κ1) is 16.1. The Bertz CT molecular complexity index is 700. The van der Waals surface area contributed by atoms with Crippen LogP contribution in [0.3, 0.4) is 0 Å². The second-order valence-corrected chi connectivity index (χ2v) is 8.15. The molecule has 3 rings (SSSR count). The van der Waals surface area contributed by atoms with Gasteiger partial charge in [0.1, 0.15) is 0 Å². The molecule has 0 bridgehead atoms. The first-order chi connectivity index (χ1) is 11.0. The summed E-state index contributed by atoms with van der Waals surface area (Å²) in [5, 5.41) is 0. The van der Waals surface area contributed by atoms with Crippen LogP contribution < -0.4 is 9.47 Å². The Labute approximate surface area is 136 Å². The number of sulfone groups is 1. The van der Waals surface area contributed by atoms with Crippen LogP contribution in [0.1, 0.15) is 25.3 Å². The van der Waals surface area contributed by atoms with Crippen LogP contribution >= 0.6 is 0 Å². The van der Waals surface area contributed by atoms with Gasteiger partial charge in [-0.05, 0) is 37.5 Å². The molecule has 0 N–H and O–H groups in total. The van der Waals surface area contributed by atoms with E-state index in [0.717, 1.165) is 11.3 Å². The number of ether oxygens (including phenoxy) is 2. The van der Waals surface area contributed by atoms with Crippen molar-refractivity contribution in [3.63, 3.8) is 0 Å². The van der Waals surface area contributed by atoms with E-state index in [1.54, 1.807) is 4.90 Å². The predicted octanol–water partition coefficient (Wildman–Crippen LogP) is 1.38. The average molecular weight is 339 g/mol. The third-order valence-electron chi connectivity index (χ3n) is 4.37. The molecule has 1 saturated heterocycles. The normalized spacial score (nSPS) is 21.3. The minimum absolute atomic E-state index is 0.00673. The fraction of sp³-hybridized carbons (Fsp3) is 0.562. The molecule has 0 aliphatic carbocycles. The molecule has 0 radical (unpaired) electrons. The van der Waals surface area contributed by atoms with E-state index in [9.17, 15) is 13.2 Å². The van der Waals surface area contributed by atoms with E-state index in [-0.39, 0.29) is 30.2 Å². The molecule has 1 fully saturated rings. The molecular weight excluding hydrogens is 318 g/mol. The van der Waals surface area contributed by atoms with E-state index in [4.69, 9.17) is 9.47 Å². The van der Waals surface area contributed by atoms with Gasteiger partial charge in [-0.2, -0.15) is 0 Å². The minimum Gasteiger partial charge on any atom is -0.454 e. The molecule has 2 aliphatic rings. The molecule has 2 aliphatic heterocycles. The van der Waals surface area contributed by atoms with Gasteiger partial charge in [0, 0.05) is 19.0 Å². The first-order valence-electron chi connectivity index (χ1n) is 7.87. The summed E-state index contributed by atoms with van der Waals surface area (Å²) < 4.78 is 33.8. The largest absolute Gasteiger partial charge is 0.454 e. The number of amides is 1. The Morgan fingerprint density at radius 3 is 2.78 bits per heavy atom. The van der Waals surface area contributed by atoms with E-state index in [2.05, 4.69) is 0 Å². The van der Waals surface area contributed by atoms with Gasteiger partial charge in [-0.15, -0.1) is 0 Å². The summed E-state index contributed by atoms with van der Waals surface area (Å²) in [6.07, 6.45) is 1.52. The Balaban J connectivity index is 1.59. The monoisotopic (exact) mass is 339 g/mol. The fourth-order valence-corrected chi connectivity index (χ4v) is 4.88. The van der Waals surface area contributed by atoms with Crippen LogP contribution in [0.5, 0.6) is 11.5 Å². The highest BCUT2D eigenvalue weighted by Crippen LogP contribution is 2.32. The van der Waals surface area contributed by atoms with Crippen LogP contribution in [-0.2, 0) is 21.1 Å². The maximum absolute atomic E-state index is 12.5. The molecule has 1 amide bonds. The van der Waals surface area contributed by atoms with Crippen molar-refractivity contribution in [1.82, 2.24) is 4.90 Å². The molecule has 0 aromatic heterocycles. The van der Waals surface area contributed by atoms with Gasteiger partial charge < -0.3 is 14.4 Å².